The third-order valence-electron chi connectivity index (χ3n) is 4.89. The van der Waals surface area contributed by atoms with E-state index in [1.165, 1.54) is 33.0 Å². The molecule has 0 fully saturated rings. The van der Waals surface area contributed by atoms with Crippen LogP contribution in [0.1, 0.15) is 27.6 Å². The zero-order valence-corrected chi connectivity index (χ0v) is 15.3. The number of halogens is 3. The maximum Gasteiger partial charge on any atom is 0.573 e. The summed E-state index contributed by atoms with van der Waals surface area (Å²) in [5, 5.41) is 2.10. The van der Waals surface area contributed by atoms with Crippen LogP contribution in [-0.2, 0) is 13.0 Å². The number of ether oxygens (including phenoxy) is 1. The Morgan fingerprint density at radius 3 is 2.44 bits per heavy atom. The van der Waals surface area contributed by atoms with Gasteiger partial charge in [0.05, 0.1) is 6.54 Å². The lowest BCUT2D eigenvalue weighted by atomic mass is 9.92. The Morgan fingerprint density at radius 2 is 1.74 bits per heavy atom. The number of nitrogens with one attached hydrogen (secondary N) is 1. The maximum atomic E-state index is 12.4. The quantitative estimate of drug-likeness (QED) is 0.698. The van der Waals surface area contributed by atoms with Gasteiger partial charge in [-0.3, -0.25) is 0 Å². The highest BCUT2D eigenvalue weighted by Crippen LogP contribution is 2.31. The van der Waals surface area contributed by atoms with Gasteiger partial charge in [-0.15, -0.1) is 24.5 Å². The van der Waals surface area contributed by atoms with Crippen LogP contribution >= 0.6 is 11.3 Å². The number of rotatable bonds is 4. The number of hydrogen-bond acceptors (Lipinski definition) is 2. The summed E-state index contributed by atoms with van der Waals surface area (Å²) >= 11 is 1.76. The van der Waals surface area contributed by atoms with Crippen LogP contribution < -0.4 is 9.64 Å². The molecule has 0 bridgehead atoms. The van der Waals surface area contributed by atoms with Crippen LogP contribution in [0.4, 0.5) is 13.2 Å². The van der Waals surface area contributed by atoms with Crippen molar-refractivity contribution in [1.29, 1.82) is 0 Å². The van der Waals surface area contributed by atoms with Gasteiger partial charge in [0, 0.05) is 28.0 Å². The van der Waals surface area contributed by atoms with E-state index >= 15 is 0 Å². The van der Waals surface area contributed by atoms with Gasteiger partial charge in [-0.25, -0.2) is 0 Å². The van der Waals surface area contributed by atoms with Gasteiger partial charge in [0.2, 0.25) is 0 Å². The fourth-order valence-electron chi connectivity index (χ4n) is 3.77. The number of hydrogen-bond donors (Lipinski definition) is 1. The predicted octanol–water partition coefficient (Wildman–Crippen LogP) is 4.38. The normalized spacial score (nSPS) is 19.5. The second-order valence-corrected chi connectivity index (χ2v) is 7.67. The molecule has 0 radical (unpaired) electrons. The fourth-order valence-corrected chi connectivity index (χ4v) is 4.70. The monoisotopic (exact) mass is 390 g/mol. The van der Waals surface area contributed by atoms with E-state index in [1.54, 1.807) is 23.5 Å². The van der Waals surface area contributed by atoms with Crippen molar-refractivity contribution in [3.8, 4) is 5.75 Å². The molecule has 2 nitrogen and oxygen atoms in total. The van der Waals surface area contributed by atoms with Gasteiger partial charge in [-0.05, 0) is 35.7 Å². The van der Waals surface area contributed by atoms with Crippen molar-refractivity contribution in [3.05, 3.63) is 87.6 Å². The van der Waals surface area contributed by atoms with Gasteiger partial charge in [0.15, 0.2) is 0 Å². The molecule has 2 atom stereocenters. The molecule has 0 spiro atoms. The van der Waals surface area contributed by atoms with Gasteiger partial charge in [-0.1, -0.05) is 30.3 Å². The zero-order chi connectivity index (χ0) is 18.9. The van der Waals surface area contributed by atoms with E-state index in [-0.39, 0.29) is 11.8 Å². The lowest BCUT2D eigenvalue weighted by Gasteiger charge is -2.33. The molecule has 0 saturated carbocycles. The van der Waals surface area contributed by atoms with Gasteiger partial charge < -0.3 is 9.64 Å². The number of fused-ring (bicyclic) bond motifs is 1. The second kappa shape index (κ2) is 7.37. The smallest absolute Gasteiger partial charge is 0.406 e. The van der Waals surface area contributed by atoms with Crippen molar-refractivity contribution in [2.24, 2.45) is 0 Å². The van der Waals surface area contributed by atoms with Crippen LogP contribution in [0.5, 0.6) is 5.75 Å². The first-order valence-electron chi connectivity index (χ1n) is 8.80. The Morgan fingerprint density at radius 1 is 1.00 bits per heavy atom. The average Bonchev–Trinajstić information content (AvgIpc) is 3.11. The summed E-state index contributed by atoms with van der Waals surface area (Å²) in [5.41, 5.74) is 3.55. The third-order valence-corrected chi connectivity index (χ3v) is 5.89. The molecule has 1 aromatic heterocycles. The van der Waals surface area contributed by atoms with E-state index in [0.29, 0.717) is 0 Å². The summed E-state index contributed by atoms with van der Waals surface area (Å²) in [5.74, 6) is -0.183. The van der Waals surface area contributed by atoms with E-state index in [2.05, 4.69) is 28.3 Å². The molecule has 1 aliphatic rings. The van der Waals surface area contributed by atoms with Gasteiger partial charge in [0.1, 0.15) is 18.3 Å². The van der Waals surface area contributed by atoms with E-state index in [1.807, 2.05) is 18.2 Å². The van der Waals surface area contributed by atoms with Crippen LogP contribution in [-0.4, -0.2) is 12.9 Å². The Kier molecular flexibility index (Phi) is 4.93. The highest BCUT2D eigenvalue weighted by Gasteiger charge is 2.34. The van der Waals surface area contributed by atoms with Crippen molar-refractivity contribution in [2.75, 3.05) is 6.54 Å². The molecular weight excluding hydrogens is 371 g/mol. The zero-order valence-electron chi connectivity index (χ0n) is 14.5. The summed E-state index contributed by atoms with van der Waals surface area (Å²) in [4.78, 5) is 2.77. The summed E-state index contributed by atoms with van der Waals surface area (Å²) in [7, 11) is 0. The van der Waals surface area contributed by atoms with Gasteiger partial charge in [0.25, 0.3) is 0 Å². The molecule has 27 heavy (non-hydrogen) atoms. The molecule has 140 valence electrons. The number of quaternary nitrogens is 1. The van der Waals surface area contributed by atoms with Crippen LogP contribution in [0.2, 0.25) is 0 Å². The van der Waals surface area contributed by atoms with Crippen molar-refractivity contribution in [1.82, 2.24) is 0 Å². The number of alkyl halides is 3. The minimum absolute atomic E-state index is 0.111. The second-order valence-electron chi connectivity index (χ2n) is 6.67. The molecular formula is C21H19F3NOS+. The van der Waals surface area contributed by atoms with Crippen LogP contribution in [0.15, 0.2) is 66.0 Å². The van der Waals surface area contributed by atoms with E-state index in [0.717, 1.165) is 25.1 Å². The molecule has 1 N–H and O–H groups in total. The minimum atomic E-state index is -4.67. The largest absolute Gasteiger partial charge is 0.573 e. The molecule has 1 unspecified atom stereocenters. The molecule has 0 saturated heterocycles. The van der Waals surface area contributed by atoms with Crippen molar-refractivity contribution in [2.45, 2.75) is 25.4 Å². The molecule has 4 rings (SSSR count). The van der Waals surface area contributed by atoms with Gasteiger partial charge >= 0.3 is 6.36 Å². The first kappa shape index (κ1) is 18.1. The first-order chi connectivity index (χ1) is 13.0. The first-order valence-corrected chi connectivity index (χ1v) is 9.68. The lowest BCUT2D eigenvalue weighted by molar-refractivity contribution is -0.941. The standard InChI is InChI=1S/C21H18F3NOS/c22-21(23,24)26-17-8-6-16(7-9-17)20-18-11-13-27-19(18)10-12-25(20)14-15-4-2-1-3-5-15/h1-9,11,13,20H,10,12,14H2/p+1/t20-/m0/s1. The molecule has 2 heterocycles. The summed E-state index contributed by atoms with van der Waals surface area (Å²) in [6, 6.07) is 18.9. The summed E-state index contributed by atoms with van der Waals surface area (Å²) in [6.45, 7) is 1.87. The molecule has 2 aromatic carbocycles. The lowest BCUT2D eigenvalue weighted by Crippen LogP contribution is -3.12. The Labute approximate surface area is 159 Å². The minimum Gasteiger partial charge on any atom is -0.406 e. The maximum absolute atomic E-state index is 12.4. The predicted molar refractivity (Wildman–Crippen MR) is 99.0 cm³/mol. The van der Waals surface area contributed by atoms with Crippen molar-refractivity contribution in [3.63, 3.8) is 0 Å². The summed E-state index contributed by atoms with van der Waals surface area (Å²) < 4.78 is 41.3. The third kappa shape index (κ3) is 4.17. The van der Waals surface area contributed by atoms with Gasteiger partial charge in [-0.2, -0.15) is 0 Å². The number of thiophene rings is 1. The van der Waals surface area contributed by atoms with Crippen LogP contribution in [0.25, 0.3) is 0 Å². The Balaban J connectivity index is 1.64. The Hall–Kier alpha value is -2.31. The van der Waals surface area contributed by atoms with Crippen LogP contribution in [0.3, 0.4) is 0 Å². The average molecular weight is 390 g/mol. The fraction of sp³-hybridized carbons (Fsp3) is 0.238. The topological polar surface area (TPSA) is 13.7 Å². The van der Waals surface area contributed by atoms with E-state index < -0.39 is 6.36 Å². The highest BCUT2D eigenvalue weighted by molar-refractivity contribution is 7.10. The number of benzene rings is 2. The SMILES string of the molecule is FC(F)(F)Oc1ccc([C@H]2c3ccsc3CC[NH+]2Cc2ccccc2)cc1. The molecule has 6 heteroatoms. The molecule has 0 amide bonds. The molecule has 1 aliphatic heterocycles. The molecule has 0 aliphatic carbocycles. The van der Waals surface area contributed by atoms with Crippen molar-refractivity contribution >= 4 is 11.3 Å². The highest BCUT2D eigenvalue weighted by atomic mass is 32.1. The van der Waals surface area contributed by atoms with Crippen molar-refractivity contribution < 1.29 is 22.8 Å². The Bertz CT molecular complexity index is 890. The van der Waals surface area contributed by atoms with Crippen LogP contribution in [0, 0.1) is 0 Å². The molecule has 3 aromatic rings. The van der Waals surface area contributed by atoms with E-state index in [4.69, 9.17) is 0 Å². The summed E-state index contributed by atoms with van der Waals surface area (Å²) in [6.07, 6.45) is -3.64. The van der Waals surface area contributed by atoms with E-state index in [9.17, 15) is 13.2 Å².